The van der Waals surface area contributed by atoms with Crippen LogP contribution in [0.1, 0.15) is 72.6 Å². The molecule has 3 aliphatic rings. The molecule has 0 aromatic carbocycles. The lowest BCUT2D eigenvalue weighted by atomic mass is 9.64. The van der Waals surface area contributed by atoms with Crippen molar-refractivity contribution in [3.8, 4) is 0 Å². The molecular weight excluding hydrogens is 436 g/mol. The number of aliphatic hydroxyl groups excluding tert-OH is 3. The molecule has 0 aliphatic heterocycles. The molecule has 3 aliphatic carbocycles. The van der Waals surface area contributed by atoms with E-state index < -0.39 is 23.9 Å². The molecule has 0 radical (unpaired) electrons. The first-order chi connectivity index (χ1) is 15.5. The molecule has 0 bridgehead atoms. The zero-order valence-corrected chi connectivity index (χ0v) is 21.6. The fourth-order valence-corrected chi connectivity index (χ4v) is 7.45. The van der Waals surface area contributed by atoms with Gasteiger partial charge in [0.2, 0.25) is 0 Å². The van der Waals surface area contributed by atoms with Gasteiger partial charge < -0.3 is 25.2 Å². The highest BCUT2D eigenvalue weighted by atomic mass is 32.2. The van der Waals surface area contributed by atoms with Crippen LogP contribution in [0.3, 0.4) is 0 Å². The third-order valence-corrected chi connectivity index (χ3v) is 8.96. The number of thioether (sulfide) groups is 1. The first-order valence-corrected chi connectivity index (χ1v) is 13.6. The molecule has 0 aromatic rings. The zero-order valence-electron chi connectivity index (χ0n) is 20.8. The Morgan fingerprint density at radius 3 is 2.58 bits per heavy atom. The van der Waals surface area contributed by atoms with Crippen LogP contribution in [-0.4, -0.2) is 68.6 Å². The van der Waals surface area contributed by atoms with E-state index in [1.165, 1.54) is 18.4 Å². The van der Waals surface area contributed by atoms with Crippen molar-refractivity contribution in [2.24, 2.45) is 11.3 Å². The maximum atomic E-state index is 10.4. The maximum absolute atomic E-state index is 10.4. The SMILES string of the molecule is C[C@H](SCCC(C)(C)O)C1=CC[C@H]2/C(=C/C=C3C[C@@H](O)C(OCCO)[C@H](O)C3)CCC[C@]12C. The number of ether oxygens (including phenoxy) is 1. The van der Waals surface area contributed by atoms with Crippen LogP contribution in [-0.2, 0) is 4.74 Å². The lowest BCUT2D eigenvalue weighted by Crippen LogP contribution is -2.44. The predicted octanol–water partition coefficient (Wildman–Crippen LogP) is 4.15. The third-order valence-electron chi connectivity index (χ3n) is 7.77. The summed E-state index contributed by atoms with van der Waals surface area (Å²) < 4.78 is 5.43. The number of aliphatic hydroxyl groups is 4. The molecule has 2 saturated carbocycles. The van der Waals surface area contributed by atoms with Crippen molar-refractivity contribution >= 4 is 11.8 Å². The molecule has 3 rings (SSSR count). The van der Waals surface area contributed by atoms with Gasteiger partial charge in [-0.1, -0.05) is 41.9 Å². The van der Waals surface area contributed by atoms with Gasteiger partial charge in [-0.2, -0.15) is 11.8 Å². The number of rotatable bonds is 9. The standard InChI is InChI=1S/C27H44O5S/c1-18(33-15-12-26(2,3)31)21-9-10-22-20(6-5-11-27(21,22)4)8-7-19-16-23(29)25(24(30)17-19)32-14-13-28/h7-9,18,22-25,28-31H,5-6,10-17H2,1-4H3/b19-7?,20-8+/t18-,22-,23+,24+,25?,27+/m0/s1. The van der Waals surface area contributed by atoms with Gasteiger partial charge in [0, 0.05) is 5.25 Å². The zero-order chi connectivity index (χ0) is 24.2. The van der Waals surface area contributed by atoms with Gasteiger partial charge in [-0.25, -0.2) is 0 Å². The molecule has 4 N–H and O–H groups in total. The van der Waals surface area contributed by atoms with E-state index in [0.29, 0.717) is 24.0 Å². The second-order valence-corrected chi connectivity index (χ2v) is 12.4. The van der Waals surface area contributed by atoms with Crippen molar-refractivity contribution in [2.75, 3.05) is 19.0 Å². The molecule has 188 valence electrons. The van der Waals surface area contributed by atoms with Gasteiger partial charge in [0.25, 0.3) is 0 Å². The van der Waals surface area contributed by atoms with E-state index in [2.05, 4.69) is 32.1 Å². The van der Waals surface area contributed by atoms with E-state index >= 15 is 0 Å². The summed E-state index contributed by atoms with van der Waals surface area (Å²) in [5.41, 5.74) is 3.69. The summed E-state index contributed by atoms with van der Waals surface area (Å²) in [6.45, 7) is 8.52. The van der Waals surface area contributed by atoms with Crippen molar-refractivity contribution in [1.82, 2.24) is 0 Å². The second-order valence-electron chi connectivity index (χ2n) is 11.0. The number of hydrogen-bond donors (Lipinski definition) is 4. The largest absolute Gasteiger partial charge is 0.394 e. The van der Waals surface area contributed by atoms with Gasteiger partial charge in [-0.15, -0.1) is 0 Å². The Hall–Kier alpha value is -0.630. The van der Waals surface area contributed by atoms with E-state index in [1.807, 2.05) is 25.6 Å². The average molecular weight is 481 g/mol. The van der Waals surface area contributed by atoms with Gasteiger partial charge >= 0.3 is 0 Å². The summed E-state index contributed by atoms with van der Waals surface area (Å²) in [6.07, 6.45) is 11.1. The lowest BCUT2D eigenvalue weighted by molar-refractivity contribution is -0.115. The van der Waals surface area contributed by atoms with Crippen LogP contribution in [0.15, 0.2) is 34.9 Å². The van der Waals surface area contributed by atoms with Crippen LogP contribution in [0.25, 0.3) is 0 Å². The summed E-state index contributed by atoms with van der Waals surface area (Å²) in [5, 5.41) is 40.3. The molecule has 5 nitrogen and oxygen atoms in total. The molecule has 0 spiro atoms. The van der Waals surface area contributed by atoms with Crippen LogP contribution < -0.4 is 0 Å². The van der Waals surface area contributed by atoms with Gasteiger partial charge in [0.15, 0.2) is 0 Å². The van der Waals surface area contributed by atoms with E-state index in [4.69, 9.17) is 9.84 Å². The quantitative estimate of drug-likeness (QED) is 0.371. The Kier molecular flexibility index (Phi) is 9.32. The summed E-state index contributed by atoms with van der Waals surface area (Å²) in [4.78, 5) is 0. The molecule has 0 saturated heterocycles. The Labute approximate surface area is 204 Å². The molecule has 33 heavy (non-hydrogen) atoms. The van der Waals surface area contributed by atoms with Gasteiger partial charge in [0.1, 0.15) is 6.10 Å². The van der Waals surface area contributed by atoms with E-state index in [0.717, 1.165) is 30.6 Å². The van der Waals surface area contributed by atoms with Crippen LogP contribution in [0.5, 0.6) is 0 Å². The van der Waals surface area contributed by atoms with Gasteiger partial charge in [0.05, 0.1) is 31.0 Å². The van der Waals surface area contributed by atoms with Crippen molar-refractivity contribution in [3.63, 3.8) is 0 Å². The molecule has 0 amide bonds. The minimum absolute atomic E-state index is 0.114. The maximum Gasteiger partial charge on any atom is 0.110 e. The Morgan fingerprint density at radius 1 is 1.24 bits per heavy atom. The van der Waals surface area contributed by atoms with Gasteiger partial charge in [-0.3, -0.25) is 0 Å². The highest BCUT2D eigenvalue weighted by Crippen LogP contribution is 2.56. The summed E-state index contributed by atoms with van der Waals surface area (Å²) in [6, 6.07) is 0. The average Bonchev–Trinajstić information content (AvgIpc) is 3.08. The Balaban J connectivity index is 1.64. The molecule has 0 heterocycles. The normalized spacial score (nSPS) is 34.8. The molecular formula is C27H44O5S. The first kappa shape index (κ1) is 27.0. The van der Waals surface area contributed by atoms with Crippen molar-refractivity contribution in [2.45, 2.75) is 102 Å². The van der Waals surface area contributed by atoms with Crippen LogP contribution >= 0.6 is 11.8 Å². The predicted molar refractivity (Wildman–Crippen MR) is 135 cm³/mol. The van der Waals surface area contributed by atoms with Crippen molar-refractivity contribution < 1.29 is 25.2 Å². The fraction of sp³-hybridized carbons (Fsp3) is 0.778. The minimum Gasteiger partial charge on any atom is -0.394 e. The Bertz CT molecular complexity index is 738. The fourth-order valence-electron chi connectivity index (χ4n) is 5.94. The van der Waals surface area contributed by atoms with Crippen LogP contribution in [0, 0.1) is 11.3 Å². The van der Waals surface area contributed by atoms with Crippen LogP contribution in [0.2, 0.25) is 0 Å². The second kappa shape index (κ2) is 11.4. The summed E-state index contributed by atoms with van der Waals surface area (Å²) in [7, 11) is 0. The third kappa shape index (κ3) is 6.74. The summed E-state index contributed by atoms with van der Waals surface area (Å²) >= 11 is 1.96. The van der Waals surface area contributed by atoms with Gasteiger partial charge in [-0.05, 0) is 82.8 Å². The number of hydrogen-bond acceptors (Lipinski definition) is 6. The van der Waals surface area contributed by atoms with Crippen LogP contribution in [0.4, 0.5) is 0 Å². The number of allylic oxidation sites excluding steroid dienone is 4. The number of fused-ring (bicyclic) bond motifs is 1. The van der Waals surface area contributed by atoms with E-state index in [1.54, 1.807) is 5.57 Å². The molecule has 6 heteroatoms. The van der Waals surface area contributed by atoms with Crippen molar-refractivity contribution in [3.05, 3.63) is 34.9 Å². The highest BCUT2D eigenvalue weighted by Gasteiger charge is 2.46. The van der Waals surface area contributed by atoms with E-state index in [9.17, 15) is 15.3 Å². The highest BCUT2D eigenvalue weighted by molar-refractivity contribution is 8.00. The topological polar surface area (TPSA) is 90.2 Å². The Morgan fingerprint density at radius 2 is 1.94 bits per heavy atom. The lowest BCUT2D eigenvalue weighted by Gasteiger charge is -2.42. The smallest absolute Gasteiger partial charge is 0.110 e. The first-order valence-electron chi connectivity index (χ1n) is 12.6. The van der Waals surface area contributed by atoms with E-state index in [-0.39, 0.29) is 18.6 Å². The molecule has 0 unspecified atom stereocenters. The molecule has 2 fully saturated rings. The summed E-state index contributed by atoms with van der Waals surface area (Å²) in [5.74, 6) is 1.49. The monoisotopic (exact) mass is 480 g/mol. The molecule has 5 atom stereocenters. The minimum atomic E-state index is -0.747. The van der Waals surface area contributed by atoms with Crippen molar-refractivity contribution in [1.29, 1.82) is 0 Å². The molecule has 0 aromatic heterocycles.